The zero-order valence-electron chi connectivity index (χ0n) is 15.9. The summed E-state index contributed by atoms with van der Waals surface area (Å²) in [6.45, 7) is 6.14. The summed E-state index contributed by atoms with van der Waals surface area (Å²) in [6, 6.07) is 6.05. The van der Waals surface area contributed by atoms with Gasteiger partial charge in [0.1, 0.15) is 0 Å². The Balaban J connectivity index is 2.07. The van der Waals surface area contributed by atoms with Crippen molar-refractivity contribution in [2.45, 2.75) is 51.0 Å². The maximum atomic E-state index is 12.7. The van der Waals surface area contributed by atoms with E-state index in [0.29, 0.717) is 18.0 Å². The van der Waals surface area contributed by atoms with E-state index in [1.807, 2.05) is 4.90 Å². The number of carbonyl (C=O) groups excluding carboxylic acids is 2. The molecule has 0 heterocycles. The Morgan fingerprint density at radius 1 is 1.15 bits per heavy atom. The Kier molecular flexibility index (Phi) is 6.58. The monoisotopic (exact) mass is 380 g/mol. The Hall–Kier alpha value is -1.73. The maximum absolute atomic E-state index is 12.7. The predicted molar refractivity (Wildman–Crippen MR) is 100 cm³/mol. The molecule has 1 saturated carbocycles. The zero-order chi connectivity index (χ0) is 19.5. The minimum absolute atomic E-state index is 0.0814. The number of amides is 1. The summed E-state index contributed by atoms with van der Waals surface area (Å²) < 4.78 is 26.5. The van der Waals surface area contributed by atoms with Crippen LogP contribution in [0.1, 0.15) is 50.4 Å². The van der Waals surface area contributed by atoms with Crippen LogP contribution in [0.15, 0.2) is 29.2 Å². The lowest BCUT2D eigenvalue weighted by Gasteiger charge is -2.26. The fraction of sp³-hybridized carbons (Fsp3) is 0.579. The first-order valence-electron chi connectivity index (χ1n) is 8.99. The van der Waals surface area contributed by atoms with Crippen LogP contribution in [-0.4, -0.2) is 55.5 Å². The van der Waals surface area contributed by atoms with Gasteiger partial charge in [0.05, 0.1) is 11.4 Å². The number of rotatable bonds is 9. The van der Waals surface area contributed by atoms with Crippen LogP contribution in [-0.2, 0) is 14.8 Å². The van der Waals surface area contributed by atoms with E-state index in [0.717, 1.165) is 23.6 Å². The highest BCUT2D eigenvalue weighted by Gasteiger charge is 2.34. The number of carbonyl (C=O) groups is 2. The number of benzene rings is 1. The van der Waals surface area contributed by atoms with Crippen LogP contribution < -0.4 is 0 Å². The second-order valence-corrected chi connectivity index (χ2v) is 9.39. The van der Waals surface area contributed by atoms with E-state index in [9.17, 15) is 18.0 Å². The molecular formula is C19H28N2O4S. The SMILES string of the molecule is CC(=O)c1ccc(S(=O)(=O)N(C)CC(=O)N(CCC(C)C)C2CC2)cc1. The van der Waals surface area contributed by atoms with E-state index in [1.165, 1.54) is 38.2 Å². The van der Waals surface area contributed by atoms with Gasteiger partial charge in [-0.15, -0.1) is 0 Å². The van der Waals surface area contributed by atoms with Gasteiger partial charge < -0.3 is 4.90 Å². The molecule has 1 aliphatic rings. The Labute approximate surface area is 156 Å². The molecule has 0 N–H and O–H groups in total. The third-order valence-electron chi connectivity index (χ3n) is 4.58. The third kappa shape index (κ3) is 5.14. The van der Waals surface area contributed by atoms with Gasteiger partial charge >= 0.3 is 0 Å². The van der Waals surface area contributed by atoms with Crippen LogP contribution in [0.25, 0.3) is 0 Å². The van der Waals surface area contributed by atoms with Crippen LogP contribution in [0.3, 0.4) is 0 Å². The van der Waals surface area contributed by atoms with Gasteiger partial charge in [-0.1, -0.05) is 26.0 Å². The summed E-state index contributed by atoms with van der Waals surface area (Å²) in [5.74, 6) is 0.215. The number of hydrogen-bond acceptors (Lipinski definition) is 4. The normalized spacial score (nSPS) is 14.7. The molecule has 1 aliphatic carbocycles. The van der Waals surface area contributed by atoms with Gasteiger partial charge in [0.25, 0.3) is 0 Å². The molecule has 0 aliphatic heterocycles. The summed E-state index contributed by atoms with van der Waals surface area (Å²) in [5.41, 5.74) is 0.455. The third-order valence-corrected chi connectivity index (χ3v) is 6.40. The smallest absolute Gasteiger partial charge is 0.243 e. The van der Waals surface area contributed by atoms with Crippen LogP contribution in [0.2, 0.25) is 0 Å². The van der Waals surface area contributed by atoms with E-state index < -0.39 is 10.0 Å². The van der Waals surface area contributed by atoms with Crippen LogP contribution in [0.5, 0.6) is 0 Å². The van der Waals surface area contributed by atoms with Gasteiger partial charge in [-0.3, -0.25) is 9.59 Å². The summed E-state index contributed by atoms with van der Waals surface area (Å²) in [6.07, 6.45) is 2.89. The Morgan fingerprint density at radius 2 is 1.73 bits per heavy atom. The molecule has 2 rings (SSSR count). The average Bonchev–Trinajstić information content (AvgIpc) is 3.39. The zero-order valence-corrected chi connectivity index (χ0v) is 16.8. The van der Waals surface area contributed by atoms with Crippen LogP contribution >= 0.6 is 0 Å². The molecule has 144 valence electrons. The maximum Gasteiger partial charge on any atom is 0.243 e. The highest BCUT2D eigenvalue weighted by Crippen LogP contribution is 2.28. The fourth-order valence-electron chi connectivity index (χ4n) is 2.70. The van der Waals surface area contributed by atoms with E-state index >= 15 is 0 Å². The molecule has 1 amide bonds. The van der Waals surface area contributed by atoms with Crippen molar-refractivity contribution in [2.24, 2.45) is 5.92 Å². The molecule has 0 spiro atoms. The fourth-order valence-corrected chi connectivity index (χ4v) is 3.82. The van der Waals surface area contributed by atoms with Crippen molar-refractivity contribution < 1.29 is 18.0 Å². The van der Waals surface area contributed by atoms with Crippen LogP contribution in [0, 0.1) is 5.92 Å². The van der Waals surface area contributed by atoms with Gasteiger partial charge in [0.15, 0.2) is 5.78 Å². The number of ketones is 1. The highest BCUT2D eigenvalue weighted by atomic mass is 32.2. The standard InChI is InChI=1S/C19H28N2O4S/c1-14(2)11-12-21(17-7-8-17)19(23)13-20(4)26(24,25)18-9-5-16(6-10-18)15(3)22/h5-6,9-10,14,17H,7-8,11-13H2,1-4H3. The molecule has 1 fully saturated rings. The first-order valence-corrected chi connectivity index (χ1v) is 10.4. The van der Waals surface area contributed by atoms with Gasteiger partial charge in [0, 0.05) is 25.2 Å². The molecule has 0 bridgehead atoms. The van der Waals surface area contributed by atoms with Crippen LogP contribution in [0.4, 0.5) is 0 Å². The van der Waals surface area contributed by atoms with Crippen molar-refractivity contribution in [2.75, 3.05) is 20.1 Å². The highest BCUT2D eigenvalue weighted by molar-refractivity contribution is 7.89. The number of hydrogen-bond donors (Lipinski definition) is 0. The molecule has 0 radical (unpaired) electrons. The lowest BCUT2D eigenvalue weighted by molar-refractivity contribution is -0.132. The van der Waals surface area contributed by atoms with E-state index in [-0.39, 0.29) is 29.2 Å². The molecule has 0 atom stereocenters. The van der Waals surface area contributed by atoms with Crippen molar-refractivity contribution in [1.82, 2.24) is 9.21 Å². The Bertz CT molecular complexity index is 752. The average molecular weight is 381 g/mol. The van der Waals surface area contributed by atoms with E-state index in [1.54, 1.807) is 0 Å². The van der Waals surface area contributed by atoms with Gasteiger partial charge in [0.2, 0.25) is 15.9 Å². The number of Topliss-reactive ketones (excluding diaryl/α,β-unsaturated/α-hetero) is 1. The molecule has 6 nitrogen and oxygen atoms in total. The Morgan fingerprint density at radius 3 is 2.19 bits per heavy atom. The number of nitrogens with zero attached hydrogens (tertiary/aromatic N) is 2. The summed E-state index contributed by atoms with van der Waals surface area (Å²) in [5, 5.41) is 0. The largest absolute Gasteiger partial charge is 0.339 e. The summed E-state index contributed by atoms with van der Waals surface area (Å²) in [7, 11) is -2.36. The van der Waals surface area contributed by atoms with E-state index in [4.69, 9.17) is 0 Å². The first-order chi connectivity index (χ1) is 12.1. The minimum atomic E-state index is -3.77. The molecule has 0 saturated heterocycles. The molecule has 1 aromatic rings. The first kappa shape index (κ1) is 20.6. The van der Waals surface area contributed by atoms with Gasteiger partial charge in [-0.25, -0.2) is 8.42 Å². The quantitative estimate of drug-likeness (QED) is 0.617. The van der Waals surface area contributed by atoms with Crippen molar-refractivity contribution in [3.8, 4) is 0 Å². The molecule has 7 heteroatoms. The predicted octanol–water partition coefficient (Wildman–Crippen LogP) is 2.55. The lowest BCUT2D eigenvalue weighted by Crippen LogP contribution is -2.42. The second-order valence-electron chi connectivity index (χ2n) is 7.34. The van der Waals surface area contributed by atoms with Crippen molar-refractivity contribution >= 4 is 21.7 Å². The van der Waals surface area contributed by atoms with Gasteiger partial charge in [-0.05, 0) is 44.2 Å². The van der Waals surface area contributed by atoms with Crippen molar-refractivity contribution in [3.63, 3.8) is 0 Å². The molecule has 0 aromatic heterocycles. The summed E-state index contributed by atoms with van der Waals surface area (Å²) in [4.78, 5) is 25.9. The molecule has 1 aromatic carbocycles. The number of sulfonamides is 1. The molecule has 26 heavy (non-hydrogen) atoms. The summed E-state index contributed by atoms with van der Waals surface area (Å²) >= 11 is 0. The van der Waals surface area contributed by atoms with Gasteiger partial charge in [-0.2, -0.15) is 4.31 Å². The lowest BCUT2D eigenvalue weighted by atomic mass is 10.1. The number of likely N-dealkylation sites (N-methyl/N-ethyl adjacent to an activating group) is 1. The minimum Gasteiger partial charge on any atom is -0.339 e. The van der Waals surface area contributed by atoms with Crippen molar-refractivity contribution in [3.05, 3.63) is 29.8 Å². The van der Waals surface area contributed by atoms with Crippen molar-refractivity contribution in [1.29, 1.82) is 0 Å². The van der Waals surface area contributed by atoms with E-state index in [2.05, 4.69) is 13.8 Å². The second kappa shape index (κ2) is 8.31. The molecule has 0 unspecified atom stereocenters. The molecular weight excluding hydrogens is 352 g/mol. The topological polar surface area (TPSA) is 74.8 Å².